The summed E-state index contributed by atoms with van der Waals surface area (Å²) in [6.07, 6.45) is 1.81. The lowest BCUT2D eigenvalue weighted by Gasteiger charge is -2.37. The minimum absolute atomic E-state index is 0.0686. The van der Waals surface area contributed by atoms with E-state index in [2.05, 4.69) is 11.8 Å². The molecular formula is C15H21NO3S. The topological polar surface area (TPSA) is 54.5 Å². The van der Waals surface area contributed by atoms with Crippen molar-refractivity contribution < 1.29 is 13.2 Å². The Morgan fingerprint density at radius 3 is 2.35 bits per heavy atom. The summed E-state index contributed by atoms with van der Waals surface area (Å²) >= 11 is 0. The molecule has 2 rings (SSSR count). The first-order valence-electron chi connectivity index (χ1n) is 6.85. The van der Waals surface area contributed by atoms with Crippen LogP contribution in [0.4, 0.5) is 0 Å². The maximum atomic E-state index is 11.7. The maximum Gasteiger partial charge on any atom is 0.175 e. The second-order valence-corrected chi connectivity index (χ2v) is 7.65. The molecule has 20 heavy (non-hydrogen) atoms. The predicted molar refractivity (Wildman–Crippen MR) is 78.2 cm³/mol. The Morgan fingerprint density at radius 1 is 1.20 bits per heavy atom. The van der Waals surface area contributed by atoms with E-state index in [1.165, 1.54) is 6.26 Å². The Hall–Kier alpha value is -1.20. The Kier molecular flexibility index (Phi) is 4.30. The molecule has 1 aromatic carbocycles. The molecule has 0 aliphatic carbocycles. The van der Waals surface area contributed by atoms with Crippen LogP contribution in [0.25, 0.3) is 0 Å². The molecule has 1 aromatic rings. The minimum Gasteiger partial charge on any atom is -0.299 e. The molecule has 0 radical (unpaired) electrons. The van der Waals surface area contributed by atoms with Gasteiger partial charge in [0, 0.05) is 37.7 Å². The Morgan fingerprint density at radius 2 is 1.80 bits per heavy atom. The highest BCUT2D eigenvalue weighted by molar-refractivity contribution is 7.90. The molecule has 0 aromatic heterocycles. The fourth-order valence-electron chi connectivity index (χ4n) is 2.57. The van der Waals surface area contributed by atoms with Crippen molar-refractivity contribution in [1.82, 2.24) is 4.90 Å². The van der Waals surface area contributed by atoms with Crippen molar-refractivity contribution in [3.8, 4) is 0 Å². The van der Waals surface area contributed by atoms with E-state index in [0.717, 1.165) is 18.7 Å². The number of hydrogen-bond donors (Lipinski definition) is 0. The van der Waals surface area contributed by atoms with E-state index in [1.807, 2.05) is 19.1 Å². The van der Waals surface area contributed by atoms with Gasteiger partial charge < -0.3 is 0 Å². The van der Waals surface area contributed by atoms with Crippen LogP contribution in [0.2, 0.25) is 0 Å². The van der Waals surface area contributed by atoms with Gasteiger partial charge in [0.1, 0.15) is 5.78 Å². The highest BCUT2D eigenvalue weighted by Crippen LogP contribution is 2.22. The molecule has 0 bridgehead atoms. The van der Waals surface area contributed by atoms with Gasteiger partial charge in [0.15, 0.2) is 9.84 Å². The van der Waals surface area contributed by atoms with Gasteiger partial charge in [-0.2, -0.15) is 0 Å². The minimum atomic E-state index is -3.14. The highest BCUT2D eigenvalue weighted by atomic mass is 32.2. The van der Waals surface area contributed by atoms with Crippen molar-refractivity contribution in [2.75, 3.05) is 12.8 Å². The molecule has 0 spiro atoms. The van der Waals surface area contributed by atoms with E-state index in [0.29, 0.717) is 17.1 Å². The molecule has 110 valence electrons. The summed E-state index contributed by atoms with van der Waals surface area (Å²) < 4.78 is 22.8. The van der Waals surface area contributed by atoms with E-state index in [9.17, 15) is 13.2 Å². The second-order valence-electron chi connectivity index (χ2n) is 5.63. The molecule has 5 heteroatoms. The van der Waals surface area contributed by atoms with Crippen LogP contribution in [0.15, 0.2) is 29.2 Å². The lowest BCUT2D eigenvalue weighted by molar-refractivity contribution is -0.128. The average molecular weight is 295 g/mol. The van der Waals surface area contributed by atoms with Crippen LogP contribution in [0.3, 0.4) is 0 Å². The lowest BCUT2D eigenvalue weighted by atomic mass is 9.90. The van der Waals surface area contributed by atoms with Crippen molar-refractivity contribution in [2.24, 2.45) is 5.92 Å². The smallest absolute Gasteiger partial charge is 0.175 e. The number of ketones is 1. The van der Waals surface area contributed by atoms with E-state index >= 15 is 0 Å². The molecule has 0 saturated carbocycles. The molecule has 1 heterocycles. The number of sulfone groups is 1. The summed E-state index contributed by atoms with van der Waals surface area (Å²) in [5.41, 5.74) is 1.07. The van der Waals surface area contributed by atoms with Crippen molar-refractivity contribution in [3.05, 3.63) is 29.8 Å². The molecule has 2 unspecified atom stereocenters. The number of Topliss-reactive ketones (excluding diaryl/α,β-unsaturated/α-hetero) is 1. The van der Waals surface area contributed by atoms with Crippen molar-refractivity contribution >= 4 is 15.6 Å². The van der Waals surface area contributed by atoms with Crippen molar-refractivity contribution in [1.29, 1.82) is 0 Å². The van der Waals surface area contributed by atoms with Crippen molar-refractivity contribution in [3.63, 3.8) is 0 Å². The van der Waals surface area contributed by atoms with E-state index in [-0.39, 0.29) is 12.0 Å². The van der Waals surface area contributed by atoms with Crippen LogP contribution in [0.5, 0.6) is 0 Å². The number of nitrogens with zero attached hydrogens (tertiary/aromatic N) is 1. The molecule has 0 N–H and O–H groups in total. The zero-order valence-electron chi connectivity index (χ0n) is 12.2. The number of carbonyl (C=O) groups excluding carboxylic acids is 1. The fraction of sp³-hybridized carbons (Fsp3) is 0.533. The summed E-state index contributed by atoms with van der Waals surface area (Å²) in [4.78, 5) is 14.3. The van der Waals surface area contributed by atoms with Gasteiger partial charge >= 0.3 is 0 Å². The van der Waals surface area contributed by atoms with Gasteiger partial charge in [0.2, 0.25) is 0 Å². The summed E-state index contributed by atoms with van der Waals surface area (Å²) in [7, 11) is -3.14. The monoisotopic (exact) mass is 295 g/mol. The number of rotatable bonds is 3. The van der Waals surface area contributed by atoms with Gasteiger partial charge in [-0.15, -0.1) is 0 Å². The first kappa shape index (κ1) is 15.2. The molecular weight excluding hydrogens is 274 g/mol. The number of benzene rings is 1. The standard InChI is InChI=1S/C15H21NO3S/c1-11-12(2)16(9-8-15(11)17)10-13-4-6-14(7-5-13)20(3,18)19/h4-7,11-12H,8-10H2,1-3H3. The number of piperidine rings is 1. The fourth-order valence-corrected chi connectivity index (χ4v) is 3.20. The quantitative estimate of drug-likeness (QED) is 0.854. The number of carbonyl (C=O) groups is 1. The molecule has 2 atom stereocenters. The third-order valence-electron chi connectivity index (χ3n) is 4.19. The Bertz CT molecular complexity index is 592. The molecule has 1 fully saturated rings. The Labute approximate surface area is 120 Å². The number of hydrogen-bond acceptors (Lipinski definition) is 4. The van der Waals surface area contributed by atoms with Crippen molar-refractivity contribution in [2.45, 2.75) is 37.8 Å². The molecule has 1 aliphatic heterocycles. The molecule has 0 amide bonds. The van der Waals surface area contributed by atoms with E-state index in [1.54, 1.807) is 12.1 Å². The van der Waals surface area contributed by atoms with Crippen LogP contribution in [-0.4, -0.2) is 37.9 Å². The third kappa shape index (κ3) is 3.27. The summed E-state index contributed by atoms with van der Waals surface area (Å²) in [6.45, 7) is 5.58. The summed E-state index contributed by atoms with van der Waals surface area (Å²) in [6, 6.07) is 7.22. The number of likely N-dealkylation sites (tertiary alicyclic amines) is 1. The first-order chi connectivity index (χ1) is 9.29. The van der Waals surface area contributed by atoms with Gasteiger partial charge in [-0.1, -0.05) is 19.1 Å². The second kappa shape index (κ2) is 5.66. The van der Waals surface area contributed by atoms with Gasteiger partial charge in [-0.05, 0) is 24.6 Å². The highest BCUT2D eigenvalue weighted by Gasteiger charge is 2.30. The zero-order valence-corrected chi connectivity index (χ0v) is 13.0. The first-order valence-corrected chi connectivity index (χ1v) is 8.74. The predicted octanol–water partition coefficient (Wildman–Crippen LogP) is 1.89. The van der Waals surface area contributed by atoms with E-state index < -0.39 is 9.84 Å². The Balaban J connectivity index is 2.09. The van der Waals surface area contributed by atoms with Gasteiger partial charge in [-0.3, -0.25) is 9.69 Å². The van der Waals surface area contributed by atoms with E-state index in [4.69, 9.17) is 0 Å². The van der Waals surface area contributed by atoms with Crippen LogP contribution >= 0.6 is 0 Å². The van der Waals surface area contributed by atoms with Crippen LogP contribution in [-0.2, 0) is 21.2 Å². The molecule has 4 nitrogen and oxygen atoms in total. The largest absolute Gasteiger partial charge is 0.299 e. The lowest BCUT2D eigenvalue weighted by Crippen LogP contribution is -2.46. The van der Waals surface area contributed by atoms with Crippen LogP contribution in [0, 0.1) is 5.92 Å². The third-order valence-corrected chi connectivity index (χ3v) is 5.32. The SMILES string of the molecule is CC1C(=O)CCN(Cc2ccc(S(C)(=O)=O)cc2)C1C. The summed E-state index contributed by atoms with van der Waals surface area (Å²) in [5, 5.41) is 0. The maximum absolute atomic E-state index is 11.7. The normalized spacial score (nSPS) is 24.9. The van der Waals surface area contributed by atoms with Crippen LogP contribution in [0.1, 0.15) is 25.8 Å². The van der Waals surface area contributed by atoms with Crippen LogP contribution < -0.4 is 0 Å². The van der Waals surface area contributed by atoms with Gasteiger partial charge in [0.05, 0.1) is 4.90 Å². The summed E-state index contributed by atoms with van der Waals surface area (Å²) in [5.74, 6) is 0.403. The van der Waals surface area contributed by atoms with Gasteiger partial charge in [0.25, 0.3) is 0 Å². The zero-order chi connectivity index (χ0) is 14.9. The average Bonchev–Trinajstić information content (AvgIpc) is 2.39. The van der Waals surface area contributed by atoms with Gasteiger partial charge in [-0.25, -0.2) is 8.42 Å². The molecule has 1 aliphatic rings. The molecule has 1 saturated heterocycles.